The molecule has 0 aliphatic heterocycles. The van der Waals surface area contributed by atoms with Crippen molar-refractivity contribution in [2.75, 3.05) is 6.61 Å². The van der Waals surface area contributed by atoms with Crippen molar-refractivity contribution >= 4 is 7.82 Å². The van der Waals surface area contributed by atoms with Crippen molar-refractivity contribution in [2.45, 2.75) is 6.92 Å². The second-order valence-corrected chi connectivity index (χ2v) is 2.47. The van der Waals surface area contributed by atoms with Crippen molar-refractivity contribution in [1.29, 1.82) is 0 Å². The van der Waals surface area contributed by atoms with Crippen LogP contribution in [-0.4, -0.2) is 11.5 Å². The van der Waals surface area contributed by atoms with E-state index in [1.54, 1.807) is 13.0 Å². The highest BCUT2D eigenvalue weighted by atomic mass is 31.2. The third-order valence-corrected chi connectivity index (χ3v) is 1.38. The summed E-state index contributed by atoms with van der Waals surface area (Å²) in [6.07, 6.45) is 6.12. The summed E-state index contributed by atoms with van der Waals surface area (Å²) < 4.78 is 18.5. The predicted octanol–water partition coefficient (Wildman–Crippen LogP) is 0.731. The molecule has 52 valence electrons. The minimum atomic E-state index is -3.93. The molecule has 0 aliphatic carbocycles. The van der Waals surface area contributed by atoms with Crippen LogP contribution in [0.2, 0.25) is 0 Å². The van der Waals surface area contributed by atoms with E-state index in [4.69, 9.17) is 4.89 Å². The van der Waals surface area contributed by atoms with Gasteiger partial charge in [0.15, 0.2) is 0 Å². The molecule has 5 heteroatoms. The van der Waals surface area contributed by atoms with E-state index in [9.17, 15) is 4.57 Å². The molecule has 0 aromatic carbocycles. The van der Waals surface area contributed by atoms with E-state index in [-0.39, 0.29) is 6.61 Å². The summed E-state index contributed by atoms with van der Waals surface area (Å²) in [5.74, 6) is 0. The molecule has 0 saturated heterocycles. The molecule has 1 N–H and O–H groups in total. The van der Waals surface area contributed by atoms with Crippen LogP contribution in [0.25, 0.3) is 0 Å². The number of rotatable bonds is 3. The van der Waals surface area contributed by atoms with Crippen molar-refractivity contribution in [3.63, 3.8) is 0 Å². The van der Waals surface area contributed by atoms with E-state index in [0.29, 0.717) is 0 Å². The molecule has 0 bridgehead atoms. The fraction of sp³-hybridized carbons (Fsp3) is 0.500. The summed E-state index contributed by atoms with van der Waals surface area (Å²) in [5.41, 5.74) is 0. The molecule has 0 spiro atoms. The molecule has 9 heavy (non-hydrogen) atoms. The van der Waals surface area contributed by atoms with Crippen LogP contribution in [0.3, 0.4) is 0 Å². The largest absolute Gasteiger partial charge is 0.535 e. The smallest absolute Gasteiger partial charge is 0.350 e. The molecule has 0 rings (SSSR count). The molecule has 0 heterocycles. The van der Waals surface area contributed by atoms with E-state index in [2.05, 4.69) is 15.5 Å². The topological polar surface area (TPSA) is 55.8 Å². The van der Waals surface area contributed by atoms with Crippen molar-refractivity contribution in [3.05, 3.63) is 0 Å². The van der Waals surface area contributed by atoms with Gasteiger partial charge in [0.2, 0.25) is 0 Å². The molecular weight excluding hydrogens is 143 g/mol. The van der Waals surface area contributed by atoms with Crippen molar-refractivity contribution in [3.8, 4) is 12.5 Å². The molecule has 4 nitrogen and oxygen atoms in total. The maximum absolute atomic E-state index is 10.4. The van der Waals surface area contributed by atoms with Gasteiger partial charge in [0.05, 0.1) is 6.61 Å². The molecule has 0 aromatic rings. The molecule has 1 atom stereocenters. The number of hydrogen-bond acceptors (Lipinski definition) is 3. The van der Waals surface area contributed by atoms with Gasteiger partial charge in [-0.3, -0.25) is 9.42 Å². The van der Waals surface area contributed by atoms with Crippen LogP contribution in [0.15, 0.2) is 0 Å². The Morgan fingerprint density at radius 1 is 1.89 bits per heavy atom. The number of terminal acetylenes is 1. The second kappa shape index (κ2) is 3.52. The van der Waals surface area contributed by atoms with Crippen LogP contribution in [-0.2, 0) is 13.6 Å². The van der Waals surface area contributed by atoms with Crippen LogP contribution in [0.5, 0.6) is 0 Å². The van der Waals surface area contributed by atoms with Gasteiger partial charge in [-0.15, -0.1) is 0 Å². The summed E-state index contributed by atoms with van der Waals surface area (Å²) >= 11 is 0. The third-order valence-electron chi connectivity index (χ3n) is 0.460. The SMILES string of the molecule is C#COP(=O)(O)OCC. The second-order valence-electron chi connectivity index (χ2n) is 1.10. The van der Waals surface area contributed by atoms with Crippen LogP contribution < -0.4 is 0 Å². The van der Waals surface area contributed by atoms with Gasteiger partial charge in [0, 0.05) is 0 Å². The lowest BCUT2D eigenvalue weighted by Gasteiger charge is -2.04. The molecular formula is C4H7O4P. The van der Waals surface area contributed by atoms with E-state index in [0.717, 1.165) is 0 Å². The van der Waals surface area contributed by atoms with Gasteiger partial charge in [-0.1, -0.05) is 6.42 Å². The number of hydrogen-bond donors (Lipinski definition) is 1. The molecule has 0 fully saturated rings. The summed E-state index contributed by atoms with van der Waals surface area (Å²) in [7, 11) is -3.93. The molecule has 0 saturated carbocycles. The van der Waals surface area contributed by atoms with E-state index in [1.165, 1.54) is 0 Å². The van der Waals surface area contributed by atoms with Crippen molar-refractivity contribution in [1.82, 2.24) is 0 Å². The average molecular weight is 150 g/mol. The van der Waals surface area contributed by atoms with Gasteiger partial charge < -0.3 is 4.52 Å². The van der Waals surface area contributed by atoms with Crippen molar-refractivity contribution in [2.24, 2.45) is 0 Å². The zero-order chi connectivity index (χ0) is 7.33. The highest BCUT2D eigenvalue weighted by Crippen LogP contribution is 2.42. The molecule has 0 radical (unpaired) electrons. The van der Waals surface area contributed by atoms with Crippen molar-refractivity contribution < 1.29 is 18.5 Å². The number of phosphoric ester groups is 1. The van der Waals surface area contributed by atoms with Gasteiger partial charge in [-0.25, -0.2) is 4.57 Å². The Kier molecular flexibility index (Phi) is 3.33. The minimum absolute atomic E-state index is 0.0927. The zero-order valence-electron chi connectivity index (χ0n) is 4.90. The zero-order valence-corrected chi connectivity index (χ0v) is 5.80. The third kappa shape index (κ3) is 4.04. The Bertz CT molecular complexity index is 158. The Hall–Kier alpha value is -0.490. The standard InChI is InChI=1S/C4H7O4P/c1-3-7-9(5,6)8-4-2/h1H,4H2,2H3,(H,5,6). The van der Waals surface area contributed by atoms with Crippen LogP contribution in [0.1, 0.15) is 6.92 Å². The first-order valence-corrected chi connectivity index (χ1v) is 3.73. The van der Waals surface area contributed by atoms with Gasteiger partial charge in [0.1, 0.15) is 6.11 Å². The van der Waals surface area contributed by atoms with Gasteiger partial charge in [-0.2, -0.15) is 0 Å². The fourth-order valence-electron chi connectivity index (χ4n) is 0.256. The normalized spacial score (nSPS) is 15.7. The average Bonchev–Trinajstić information content (AvgIpc) is 1.64. The van der Waals surface area contributed by atoms with Crippen LogP contribution >= 0.6 is 7.82 Å². The van der Waals surface area contributed by atoms with Gasteiger partial charge >= 0.3 is 7.82 Å². The van der Waals surface area contributed by atoms with Gasteiger partial charge in [0.25, 0.3) is 0 Å². The monoisotopic (exact) mass is 150 g/mol. The van der Waals surface area contributed by atoms with Crippen LogP contribution in [0.4, 0.5) is 0 Å². The highest BCUT2D eigenvalue weighted by molar-refractivity contribution is 7.47. The summed E-state index contributed by atoms with van der Waals surface area (Å²) in [6.45, 7) is 1.65. The van der Waals surface area contributed by atoms with Gasteiger partial charge in [-0.05, 0) is 6.92 Å². The molecule has 0 aliphatic rings. The lowest BCUT2D eigenvalue weighted by atomic mass is 10.9. The Morgan fingerprint density at radius 2 is 2.44 bits per heavy atom. The van der Waals surface area contributed by atoms with E-state index >= 15 is 0 Å². The lowest BCUT2D eigenvalue weighted by molar-refractivity contribution is 0.203. The predicted molar refractivity (Wildman–Crippen MR) is 31.4 cm³/mol. The first-order chi connectivity index (χ1) is 4.12. The molecule has 1 unspecified atom stereocenters. The first-order valence-electron chi connectivity index (χ1n) is 2.24. The maximum atomic E-state index is 10.4. The lowest BCUT2D eigenvalue weighted by Crippen LogP contribution is -1.88. The fourth-order valence-corrected chi connectivity index (χ4v) is 0.768. The molecule has 0 aromatic heterocycles. The Morgan fingerprint density at radius 3 is 2.78 bits per heavy atom. The van der Waals surface area contributed by atoms with Crippen LogP contribution in [0, 0.1) is 12.5 Å². The highest BCUT2D eigenvalue weighted by Gasteiger charge is 2.19. The van der Waals surface area contributed by atoms with E-state index < -0.39 is 7.82 Å². The Labute approximate surface area is 53.4 Å². The summed E-state index contributed by atoms with van der Waals surface area (Å²) in [4.78, 5) is 8.48. The van der Waals surface area contributed by atoms with E-state index in [1.807, 2.05) is 0 Å². The quantitative estimate of drug-likeness (QED) is 0.476. The maximum Gasteiger partial charge on any atom is 0.535 e. The summed E-state index contributed by atoms with van der Waals surface area (Å²) in [6, 6.07) is 0. The molecule has 0 amide bonds. The summed E-state index contributed by atoms with van der Waals surface area (Å²) in [5, 5.41) is 0. The minimum Gasteiger partial charge on any atom is -0.350 e. The number of phosphoric acid groups is 1. The first kappa shape index (κ1) is 8.51. The Balaban J connectivity index is 3.75.